The van der Waals surface area contributed by atoms with Crippen LogP contribution in [-0.2, 0) is 20.2 Å². The van der Waals surface area contributed by atoms with E-state index >= 15 is 0 Å². The molecule has 7 nitrogen and oxygen atoms in total. The molecule has 1 atom stereocenters. The molecule has 0 saturated carbocycles. The van der Waals surface area contributed by atoms with Gasteiger partial charge in [-0.15, -0.1) is 0 Å². The predicted molar refractivity (Wildman–Crippen MR) is 55.8 cm³/mol. The van der Waals surface area contributed by atoms with Crippen LogP contribution in [-0.4, -0.2) is 61.5 Å². The summed E-state index contributed by atoms with van der Waals surface area (Å²) in [5, 5.41) is -1.70. The third-order valence-corrected chi connectivity index (χ3v) is 4.31. The summed E-state index contributed by atoms with van der Waals surface area (Å²) < 4.78 is 63.8. The van der Waals surface area contributed by atoms with Crippen molar-refractivity contribution < 1.29 is 85.1 Å². The Morgan fingerprint density at radius 3 is 1.61 bits per heavy atom. The van der Waals surface area contributed by atoms with Crippen LogP contribution in [0, 0.1) is 0 Å². The van der Waals surface area contributed by atoms with Crippen molar-refractivity contribution in [2.24, 2.45) is 0 Å². The van der Waals surface area contributed by atoms with E-state index in [1.807, 2.05) is 0 Å². The number of hydrogen-bond acceptors (Lipinski definition) is 7. The molecule has 1 unspecified atom stereocenters. The van der Waals surface area contributed by atoms with Crippen molar-refractivity contribution in [3.05, 3.63) is 0 Å². The molecule has 0 radical (unpaired) electrons. The standard InChI is InChI=1S/C7H17NO6S2.2Na/c1-3-8(4-2)5-7(16(12,13)14)6-15(9,10)11;;/h7H,3-6H2,1-2H3,(H,9,10,11)(H,12,13,14);;/q;2*+1/p-2. The summed E-state index contributed by atoms with van der Waals surface area (Å²) in [5.41, 5.74) is 0. The van der Waals surface area contributed by atoms with Crippen molar-refractivity contribution in [2.75, 3.05) is 25.4 Å². The summed E-state index contributed by atoms with van der Waals surface area (Å²) in [5.74, 6) is -1.17. The zero-order valence-corrected chi connectivity index (χ0v) is 16.8. The Bertz CT molecular complexity index is 406. The van der Waals surface area contributed by atoms with Crippen molar-refractivity contribution in [3.8, 4) is 0 Å². The molecule has 0 aromatic rings. The molecular weight excluding hydrogens is 304 g/mol. The third-order valence-electron chi connectivity index (χ3n) is 2.15. The monoisotopic (exact) mass is 319 g/mol. The van der Waals surface area contributed by atoms with Crippen LogP contribution in [0.1, 0.15) is 13.8 Å². The molecule has 0 aromatic heterocycles. The second-order valence-corrected chi connectivity index (χ2v) is 6.43. The largest absolute Gasteiger partial charge is 1.00 e. The SMILES string of the molecule is CCN(CC)CC(CS(=O)(=O)[O-])S(=O)(=O)[O-].[Na+].[Na+]. The van der Waals surface area contributed by atoms with Crippen LogP contribution in [0.5, 0.6) is 0 Å². The van der Waals surface area contributed by atoms with Gasteiger partial charge in [-0.3, -0.25) is 0 Å². The first-order valence-electron chi connectivity index (χ1n) is 4.70. The van der Waals surface area contributed by atoms with Gasteiger partial charge in [-0.25, -0.2) is 16.8 Å². The summed E-state index contributed by atoms with van der Waals surface area (Å²) in [7, 11) is -9.51. The molecule has 0 fully saturated rings. The Morgan fingerprint density at radius 2 is 1.39 bits per heavy atom. The van der Waals surface area contributed by atoms with Crippen LogP contribution in [0.3, 0.4) is 0 Å². The van der Waals surface area contributed by atoms with Crippen molar-refractivity contribution in [2.45, 2.75) is 19.1 Å². The minimum atomic E-state index is -4.78. The molecule has 98 valence electrons. The predicted octanol–water partition coefficient (Wildman–Crippen LogP) is -7.20. The first-order valence-corrected chi connectivity index (χ1v) is 7.75. The van der Waals surface area contributed by atoms with Crippen LogP contribution >= 0.6 is 0 Å². The molecule has 18 heavy (non-hydrogen) atoms. The molecule has 0 spiro atoms. The summed E-state index contributed by atoms with van der Waals surface area (Å²) in [6.07, 6.45) is 0. The van der Waals surface area contributed by atoms with E-state index in [1.54, 1.807) is 18.7 Å². The fourth-order valence-corrected chi connectivity index (χ4v) is 3.35. The van der Waals surface area contributed by atoms with E-state index in [9.17, 15) is 25.9 Å². The Morgan fingerprint density at radius 1 is 1.00 bits per heavy atom. The minimum Gasteiger partial charge on any atom is -0.748 e. The van der Waals surface area contributed by atoms with Gasteiger partial charge in [0.25, 0.3) is 0 Å². The van der Waals surface area contributed by atoms with E-state index in [4.69, 9.17) is 0 Å². The molecule has 0 amide bonds. The number of nitrogens with zero attached hydrogens (tertiary/aromatic N) is 1. The van der Waals surface area contributed by atoms with E-state index in [-0.39, 0.29) is 65.7 Å². The van der Waals surface area contributed by atoms with E-state index in [0.29, 0.717) is 13.1 Å². The summed E-state index contributed by atoms with van der Waals surface area (Å²) >= 11 is 0. The van der Waals surface area contributed by atoms with Crippen LogP contribution in [0.15, 0.2) is 0 Å². The van der Waals surface area contributed by atoms with Gasteiger partial charge in [-0.2, -0.15) is 0 Å². The minimum absolute atomic E-state index is 0. The summed E-state index contributed by atoms with van der Waals surface area (Å²) in [6.45, 7) is 4.19. The second-order valence-electron chi connectivity index (χ2n) is 3.33. The molecule has 0 aliphatic heterocycles. The zero-order valence-electron chi connectivity index (χ0n) is 11.1. The molecule has 0 aliphatic rings. The second kappa shape index (κ2) is 10.5. The Labute approximate surface area is 153 Å². The van der Waals surface area contributed by atoms with Gasteiger partial charge in [0.05, 0.1) is 31.2 Å². The average molecular weight is 319 g/mol. The van der Waals surface area contributed by atoms with Crippen LogP contribution in [0.2, 0.25) is 0 Å². The van der Waals surface area contributed by atoms with Crippen molar-refractivity contribution >= 4 is 20.2 Å². The fraction of sp³-hybridized carbons (Fsp3) is 1.00. The summed E-state index contributed by atoms with van der Waals surface area (Å²) in [4.78, 5) is 1.57. The van der Waals surface area contributed by atoms with Gasteiger partial charge in [-0.05, 0) is 13.1 Å². The maximum atomic E-state index is 10.8. The van der Waals surface area contributed by atoms with Crippen LogP contribution in [0.4, 0.5) is 0 Å². The normalized spacial score (nSPS) is 13.6. The third kappa shape index (κ3) is 11.6. The van der Waals surface area contributed by atoms with Crippen LogP contribution in [0.25, 0.3) is 0 Å². The molecule has 0 heterocycles. The molecular formula is C7H15NNa2O6S2. The molecule has 0 aromatic carbocycles. The quantitative estimate of drug-likeness (QED) is 0.338. The molecule has 11 heteroatoms. The maximum Gasteiger partial charge on any atom is 1.00 e. The van der Waals surface area contributed by atoms with Gasteiger partial charge in [0.2, 0.25) is 0 Å². The molecule has 0 saturated heterocycles. The number of rotatable bonds is 7. The van der Waals surface area contributed by atoms with Gasteiger partial charge in [-0.1, -0.05) is 13.8 Å². The average Bonchev–Trinajstić information content (AvgIpc) is 2.08. The van der Waals surface area contributed by atoms with Crippen molar-refractivity contribution in [1.82, 2.24) is 4.90 Å². The molecule has 0 N–H and O–H groups in total. The van der Waals surface area contributed by atoms with E-state index in [1.165, 1.54) is 0 Å². The first-order chi connectivity index (χ1) is 7.10. The van der Waals surface area contributed by atoms with Gasteiger partial charge in [0.15, 0.2) is 0 Å². The molecule has 0 bridgehead atoms. The Balaban J connectivity index is -0.00000112. The Kier molecular flexibility index (Phi) is 14.5. The topological polar surface area (TPSA) is 118 Å². The summed E-state index contributed by atoms with van der Waals surface area (Å²) in [6, 6.07) is 0. The first kappa shape index (κ1) is 24.8. The smallest absolute Gasteiger partial charge is 0.748 e. The van der Waals surface area contributed by atoms with Crippen LogP contribution < -0.4 is 59.1 Å². The zero-order chi connectivity index (χ0) is 13.0. The van der Waals surface area contributed by atoms with Gasteiger partial charge >= 0.3 is 59.1 Å². The van der Waals surface area contributed by atoms with E-state index in [2.05, 4.69) is 0 Å². The van der Waals surface area contributed by atoms with E-state index < -0.39 is 31.2 Å². The van der Waals surface area contributed by atoms with Gasteiger partial charge < -0.3 is 14.0 Å². The maximum absolute atomic E-state index is 10.8. The van der Waals surface area contributed by atoms with Gasteiger partial charge in [0.1, 0.15) is 0 Å². The van der Waals surface area contributed by atoms with E-state index in [0.717, 1.165) is 0 Å². The van der Waals surface area contributed by atoms with Crippen molar-refractivity contribution in [1.29, 1.82) is 0 Å². The Hall–Kier alpha value is 1.78. The van der Waals surface area contributed by atoms with Crippen molar-refractivity contribution in [3.63, 3.8) is 0 Å². The fourth-order valence-electron chi connectivity index (χ4n) is 1.22. The van der Waals surface area contributed by atoms with Gasteiger partial charge in [0, 0.05) is 6.54 Å². The number of hydrogen-bond donors (Lipinski definition) is 0. The molecule has 0 rings (SSSR count). The molecule has 0 aliphatic carbocycles.